The summed E-state index contributed by atoms with van der Waals surface area (Å²) >= 11 is 0. The summed E-state index contributed by atoms with van der Waals surface area (Å²) in [4.78, 5) is 4.34. The monoisotopic (exact) mass is 314 g/mol. The molecule has 1 aromatic heterocycles. The summed E-state index contributed by atoms with van der Waals surface area (Å²) in [5.41, 5.74) is 2.16. The molecule has 0 spiro atoms. The predicted molar refractivity (Wildman–Crippen MR) is 74.3 cm³/mol. The molecule has 1 heterocycles. The SMILES string of the molecule is NS(=O)(=O)Oc1ccc(-c2nc3ccccc3o2)cc1.[H-].[Na+]. The van der Waals surface area contributed by atoms with Gasteiger partial charge < -0.3 is 10.0 Å². The Morgan fingerprint density at radius 3 is 2.38 bits per heavy atom. The number of fused-ring (bicyclic) bond motifs is 1. The molecule has 2 aromatic carbocycles. The third-order valence-corrected chi connectivity index (χ3v) is 3.03. The molecule has 0 fully saturated rings. The molecule has 2 N–H and O–H groups in total. The molecule has 0 bridgehead atoms. The first-order valence-corrected chi connectivity index (χ1v) is 7.17. The molecular formula is C13H11N2NaO4S. The average molecular weight is 314 g/mol. The zero-order valence-corrected chi connectivity index (χ0v) is 14.0. The first kappa shape index (κ1) is 16.0. The van der Waals surface area contributed by atoms with Gasteiger partial charge in [0.05, 0.1) is 0 Å². The van der Waals surface area contributed by atoms with Crippen molar-refractivity contribution in [2.75, 3.05) is 0 Å². The third kappa shape index (κ3) is 3.84. The molecule has 6 nitrogen and oxygen atoms in total. The van der Waals surface area contributed by atoms with E-state index in [1.54, 1.807) is 12.1 Å². The first-order valence-electron chi connectivity index (χ1n) is 5.69. The third-order valence-electron chi connectivity index (χ3n) is 2.61. The molecule has 0 saturated carbocycles. The molecule has 0 amide bonds. The van der Waals surface area contributed by atoms with E-state index in [4.69, 9.17) is 9.56 Å². The van der Waals surface area contributed by atoms with Gasteiger partial charge >= 0.3 is 39.9 Å². The minimum absolute atomic E-state index is 0. The maximum absolute atomic E-state index is 10.8. The number of aromatic nitrogens is 1. The zero-order valence-electron chi connectivity index (χ0n) is 12.2. The predicted octanol–water partition coefficient (Wildman–Crippen LogP) is -0.806. The minimum Gasteiger partial charge on any atom is -1.00 e. The van der Waals surface area contributed by atoms with Gasteiger partial charge in [-0.3, -0.25) is 0 Å². The van der Waals surface area contributed by atoms with Gasteiger partial charge in [0.15, 0.2) is 5.58 Å². The molecule has 0 atom stereocenters. The van der Waals surface area contributed by atoms with Crippen molar-refractivity contribution in [2.45, 2.75) is 0 Å². The average Bonchev–Trinajstić information content (AvgIpc) is 2.81. The molecule has 0 aliphatic heterocycles. The maximum Gasteiger partial charge on any atom is 1.00 e. The Hall–Kier alpha value is -1.38. The Bertz CT molecular complexity index is 832. The molecule has 8 heteroatoms. The summed E-state index contributed by atoms with van der Waals surface area (Å²) in [7, 11) is -4.01. The van der Waals surface area contributed by atoms with E-state index < -0.39 is 10.3 Å². The Morgan fingerprint density at radius 1 is 1.10 bits per heavy atom. The fourth-order valence-corrected chi connectivity index (χ4v) is 2.16. The largest absolute Gasteiger partial charge is 1.00 e. The number of para-hydroxylation sites is 2. The Labute approximate surface area is 145 Å². The van der Waals surface area contributed by atoms with Gasteiger partial charge in [-0.15, -0.1) is 0 Å². The van der Waals surface area contributed by atoms with Crippen LogP contribution in [0.5, 0.6) is 5.75 Å². The summed E-state index contributed by atoms with van der Waals surface area (Å²) in [6.07, 6.45) is 0. The zero-order chi connectivity index (χ0) is 14.2. The van der Waals surface area contributed by atoms with E-state index in [2.05, 4.69) is 9.17 Å². The van der Waals surface area contributed by atoms with Crippen LogP contribution in [0.3, 0.4) is 0 Å². The number of nitrogens with zero attached hydrogens (tertiary/aromatic N) is 1. The fourth-order valence-electron chi connectivity index (χ4n) is 1.78. The van der Waals surface area contributed by atoms with Crippen LogP contribution in [0.2, 0.25) is 0 Å². The van der Waals surface area contributed by atoms with Crippen LogP contribution in [-0.4, -0.2) is 13.4 Å². The standard InChI is InChI=1S/C13H10N2O4S.Na.H/c14-20(16,17)19-10-7-5-9(6-8-10)13-15-11-3-1-2-4-12(11)18-13;;/h1-8H,(H2,14,16,17);;/q;+1;-1. The van der Waals surface area contributed by atoms with Gasteiger partial charge in [0, 0.05) is 5.56 Å². The number of hydrogen-bond acceptors (Lipinski definition) is 5. The number of benzene rings is 2. The maximum atomic E-state index is 10.8. The molecule has 0 aliphatic carbocycles. The molecule has 3 aromatic rings. The van der Waals surface area contributed by atoms with Crippen molar-refractivity contribution in [3.63, 3.8) is 0 Å². The van der Waals surface area contributed by atoms with E-state index in [1.807, 2.05) is 24.3 Å². The summed E-state index contributed by atoms with van der Waals surface area (Å²) in [6.45, 7) is 0. The van der Waals surface area contributed by atoms with Gasteiger partial charge in [-0.1, -0.05) is 12.1 Å². The van der Waals surface area contributed by atoms with Crippen LogP contribution in [0, 0.1) is 0 Å². The molecule has 0 unspecified atom stereocenters. The van der Waals surface area contributed by atoms with Crippen molar-refractivity contribution in [3.8, 4) is 17.2 Å². The van der Waals surface area contributed by atoms with Gasteiger partial charge in [-0.2, -0.15) is 13.6 Å². The Kier molecular flexibility index (Phi) is 4.70. The van der Waals surface area contributed by atoms with Crippen molar-refractivity contribution in [2.24, 2.45) is 5.14 Å². The quantitative estimate of drug-likeness (QED) is 0.638. The summed E-state index contributed by atoms with van der Waals surface area (Å²) in [6, 6.07) is 13.7. The van der Waals surface area contributed by atoms with Crippen LogP contribution in [-0.2, 0) is 10.3 Å². The van der Waals surface area contributed by atoms with Gasteiger partial charge in [0.25, 0.3) is 0 Å². The number of rotatable bonds is 3. The second-order valence-electron chi connectivity index (χ2n) is 4.09. The Morgan fingerprint density at radius 2 is 1.76 bits per heavy atom. The molecule has 104 valence electrons. The van der Waals surface area contributed by atoms with E-state index in [1.165, 1.54) is 12.1 Å². The van der Waals surface area contributed by atoms with Crippen molar-refractivity contribution in [3.05, 3.63) is 48.5 Å². The van der Waals surface area contributed by atoms with Crippen molar-refractivity contribution < 1.29 is 48.0 Å². The van der Waals surface area contributed by atoms with Crippen LogP contribution < -0.4 is 38.9 Å². The summed E-state index contributed by atoms with van der Waals surface area (Å²) < 4.78 is 31.7. The molecule has 0 saturated heterocycles. The van der Waals surface area contributed by atoms with Crippen LogP contribution in [0.4, 0.5) is 0 Å². The van der Waals surface area contributed by atoms with Crippen LogP contribution in [0.15, 0.2) is 52.9 Å². The van der Waals surface area contributed by atoms with E-state index >= 15 is 0 Å². The molecule has 3 rings (SSSR count). The first-order chi connectivity index (χ1) is 9.51. The van der Waals surface area contributed by atoms with Crippen LogP contribution in [0.1, 0.15) is 1.43 Å². The molecular weight excluding hydrogens is 303 g/mol. The van der Waals surface area contributed by atoms with Crippen LogP contribution in [0.25, 0.3) is 22.6 Å². The van der Waals surface area contributed by atoms with Gasteiger partial charge in [-0.05, 0) is 36.4 Å². The topological polar surface area (TPSA) is 95.4 Å². The second kappa shape index (κ2) is 6.17. The molecule has 0 radical (unpaired) electrons. The summed E-state index contributed by atoms with van der Waals surface area (Å²) in [5.74, 6) is 0.584. The van der Waals surface area contributed by atoms with Gasteiger partial charge in [-0.25, -0.2) is 4.98 Å². The molecule has 21 heavy (non-hydrogen) atoms. The summed E-state index contributed by atoms with van der Waals surface area (Å²) in [5, 5.41) is 4.79. The molecule has 0 aliphatic rings. The van der Waals surface area contributed by atoms with E-state index in [9.17, 15) is 8.42 Å². The smallest absolute Gasteiger partial charge is 1.00 e. The van der Waals surface area contributed by atoms with Gasteiger partial charge in [0.1, 0.15) is 11.3 Å². The van der Waals surface area contributed by atoms with E-state index in [0.29, 0.717) is 17.0 Å². The van der Waals surface area contributed by atoms with Crippen LogP contribution >= 0.6 is 0 Å². The normalized spacial score (nSPS) is 11.1. The van der Waals surface area contributed by atoms with Gasteiger partial charge in [0.2, 0.25) is 5.89 Å². The van der Waals surface area contributed by atoms with Crippen molar-refractivity contribution in [1.82, 2.24) is 4.98 Å². The number of oxazole rings is 1. The Balaban J connectivity index is 0.00000121. The number of nitrogens with two attached hydrogens (primary N) is 1. The van der Waals surface area contributed by atoms with E-state index in [-0.39, 0.29) is 36.7 Å². The second-order valence-corrected chi connectivity index (χ2v) is 5.24. The van der Waals surface area contributed by atoms with Crippen molar-refractivity contribution >= 4 is 21.4 Å². The minimum atomic E-state index is -4.01. The van der Waals surface area contributed by atoms with E-state index in [0.717, 1.165) is 5.52 Å². The fraction of sp³-hybridized carbons (Fsp3) is 0. The van der Waals surface area contributed by atoms with Crippen molar-refractivity contribution in [1.29, 1.82) is 0 Å². The number of hydrogen-bond donors (Lipinski definition) is 1.